The second kappa shape index (κ2) is 5.93. The zero-order chi connectivity index (χ0) is 14.5. The van der Waals surface area contributed by atoms with Crippen LogP contribution >= 0.6 is 0 Å². The SMILES string of the molecule is N[C@@H](CC(=O)OC(O)(CC(=O)O)C(=O)O)C(=O)O. The maximum atomic E-state index is 11.1. The maximum absolute atomic E-state index is 11.1. The Labute approximate surface area is 99.6 Å². The number of ether oxygens (including phenoxy) is 1. The number of nitrogens with two attached hydrogens (primary N) is 1. The number of aliphatic hydroxyl groups is 1. The van der Waals surface area contributed by atoms with Crippen molar-refractivity contribution in [3.05, 3.63) is 0 Å². The molecule has 0 fully saturated rings. The van der Waals surface area contributed by atoms with Gasteiger partial charge in [-0.3, -0.25) is 14.4 Å². The Morgan fingerprint density at radius 1 is 1.17 bits per heavy atom. The van der Waals surface area contributed by atoms with Crippen molar-refractivity contribution in [3.63, 3.8) is 0 Å². The average Bonchev–Trinajstić information content (AvgIpc) is 2.14. The minimum Gasteiger partial charge on any atom is -0.481 e. The lowest BCUT2D eigenvalue weighted by Gasteiger charge is -2.21. The summed E-state index contributed by atoms with van der Waals surface area (Å²) in [6.45, 7) is 0. The second-order valence-electron chi connectivity index (χ2n) is 3.28. The highest BCUT2D eigenvalue weighted by Gasteiger charge is 2.43. The Morgan fingerprint density at radius 3 is 2.00 bits per heavy atom. The number of carbonyl (C=O) groups excluding carboxylic acids is 1. The fourth-order valence-electron chi connectivity index (χ4n) is 0.857. The van der Waals surface area contributed by atoms with Gasteiger partial charge in [0.25, 0.3) is 0 Å². The molecule has 0 radical (unpaired) electrons. The Balaban J connectivity index is 4.70. The Morgan fingerprint density at radius 2 is 1.67 bits per heavy atom. The molecule has 0 aliphatic rings. The fourth-order valence-corrected chi connectivity index (χ4v) is 0.857. The van der Waals surface area contributed by atoms with Crippen molar-refractivity contribution >= 4 is 23.9 Å². The van der Waals surface area contributed by atoms with Gasteiger partial charge in [0.2, 0.25) is 0 Å². The van der Waals surface area contributed by atoms with E-state index in [0.717, 1.165) is 0 Å². The summed E-state index contributed by atoms with van der Waals surface area (Å²) in [5.41, 5.74) is 4.97. The van der Waals surface area contributed by atoms with E-state index in [-0.39, 0.29) is 0 Å². The highest BCUT2D eigenvalue weighted by molar-refractivity contribution is 5.86. The second-order valence-corrected chi connectivity index (χ2v) is 3.28. The largest absolute Gasteiger partial charge is 0.481 e. The molecule has 18 heavy (non-hydrogen) atoms. The third-order valence-electron chi connectivity index (χ3n) is 1.71. The Kier molecular flexibility index (Phi) is 5.21. The van der Waals surface area contributed by atoms with Gasteiger partial charge in [-0.15, -0.1) is 0 Å². The van der Waals surface area contributed by atoms with Gasteiger partial charge in [0, 0.05) is 0 Å². The number of carbonyl (C=O) groups is 4. The molecule has 0 saturated carbocycles. The topological polar surface area (TPSA) is 184 Å². The standard InChI is InChI=1S/C8H11NO9/c9-3(6(13)14)1-5(12)18-8(17,7(15)16)2-4(10)11/h3,17H,1-2,9H2,(H,10,11)(H,13,14)(H,15,16)/t3-,8?/m0/s1. The molecule has 0 rings (SSSR count). The molecule has 0 saturated heterocycles. The number of carboxylic acids is 3. The number of hydrogen-bond acceptors (Lipinski definition) is 7. The molecule has 10 heteroatoms. The number of hydrogen-bond donors (Lipinski definition) is 5. The minimum absolute atomic E-state index is 0.912. The fraction of sp³-hybridized carbons (Fsp3) is 0.500. The molecule has 0 heterocycles. The smallest absolute Gasteiger partial charge is 0.377 e. The number of carboxylic acid groups (broad SMARTS) is 3. The van der Waals surface area contributed by atoms with Crippen molar-refractivity contribution in [2.24, 2.45) is 5.73 Å². The molecule has 0 aliphatic heterocycles. The number of aliphatic carboxylic acids is 3. The van der Waals surface area contributed by atoms with Crippen LogP contribution in [0, 0.1) is 0 Å². The van der Waals surface area contributed by atoms with Gasteiger partial charge in [0.05, 0.1) is 6.42 Å². The molecule has 0 aromatic heterocycles. The quantitative estimate of drug-likeness (QED) is 0.245. The van der Waals surface area contributed by atoms with Gasteiger partial charge in [-0.2, -0.15) is 0 Å². The van der Waals surface area contributed by atoms with Crippen LogP contribution in [0.25, 0.3) is 0 Å². The molecule has 0 bridgehead atoms. The first-order chi connectivity index (χ1) is 8.08. The monoisotopic (exact) mass is 265 g/mol. The van der Waals surface area contributed by atoms with Crippen molar-refractivity contribution in [2.45, 2.75) is 24.7 Å². The van der Waals surface area contributed by atoms with Gasteiger partial charge >= 0.3 is 29.7 Å². The van der Waals surface area contributed by atoms with Crippen LogP contribution in [0.2, 0.25) is 0 Å². The third kappa shape index (κ3) is 4.76. The van der Waals surface area contributed by atoms with Gasteiger partial charge in [0.1, 0.15) is 12.5 Å². The van der Waals surface area contributed by atoms with E-state index >= 15 is 0 Å². The van der Waals surface area contributed by atoms with Crippen LogP contribution in [0.4, 0.5) is 0 Å². The summed E-state index contributed by atoms with van der Waals surface area (Å²) in [7, 11) is 0. The Bertz CT molecular complexity index is 379. The van der Waals surface area contributed by atoms with Crippen molar-refractivity contribution in [1.82, 2.24) is 0 Å². The summed E-state index contributed by atoms with van der Waals surface area (Å²) in [4.78, 5) is 42.3. The summed E-state index contributed by atoms with van der Waals surface area (Å²) >= 11 is 0. The van der Waals surface area contributed by atoms with Crippen molar-refractivity contribution in [1.29, 1.82) is 0 Å². The summed E-state index contributed by atoms with van der Waals surface area (Å²) in [6.07, 6.45) is -2.30. The lowest BCUT2D eigenvalue weighted by molar-refractivity contribution is -0.226. The third-order valence-corrected chi connectivity index (χ3v) is 1.71. The molecule has 0 spiro atoms. The summed E-state index contributed by atoms with van der Waals surface area (Å²) in [5.74, 6) is -10.1. The summed E-state index contributed by atoms with van der Waals surface area (Å²) < 4.78 is 4.02. The van der Waals surface area contributed by atoms with E-state index in [9.17, 15) is 24.3 Å². The normalized spacial score (nSPS) is 15.2. The van der Waals surface area contributed by atoms with Crippen LogP contribution < -0.4 is 5.73 Å². The highest BCUT2D eigenvalue weighted by atomic mass is 16.7. The molecule has 102 valence electrons. The number of esters is 1. The molecule has 0 aliphatic carbocycles. The van der Waals surface area contributed by atoms with Crippen molar-refractivity contribution < 1.29 is 44.3 Å². The van der Waals surface area contributed by atoms with E-state index in [2.05, 4.69) is 4.74 Å². The van der Waals surface area contributed by atoms with E-state index in [1.165, 1.54) is 0 Å². The number of rotatable bonds is 7. The molecular weight excluding hydrogens is 254 g/mol. The average molecular weight is 265 g/mol. The van der Waals surface area contributed by atoms with Gasteiger partial charge in [-0.1, -0.05) is 0 Å². The lowest BCUT2D eigenvalue weighted by Crippen LogP contribution is -2.46. The molecule has 1 unspecified atom stereocenters. The van der Waals surface area contributed by atoms with E-state index < -0.39 is 48.5 Å². The van der Waals surface area contributed by atoms with Gasteiger partial charge in [-0.25, -0.2) is 4.79 Å². The van der Waals surface area contributed by atoms with Crippen molar-refractivity contribution in [3.8, 4) is 0 Å². The lowest BCUT2D eigenvalue weighted by atomic mass is 10.2. The predicted molar refractivity (Wildman–Crippen MR) is 51.2 cm³/mol. The van der Waals surface area contributed by atoms with E-state index in [4.69, 9.17) is 21.1 Å². The van der Waals surface area contributed by atoms with Gasteiger partial charge in [-0.05, 0) is 0 Å². The van der Waals surface area contributed by atoms with Crippen LogP contribution in [0.3, 0.4) is 0 Å². The molecule has 2 atom stereocenters. The summed E-state index contributed by atoms with van der Waals surface area (Å²) in [5, 5.41) is 34.5. The zero-order valence-corrected chi connectivity index (χ0v) is 8.90. The van der Waals surface area contributed by atoms with Crippen LogP contribution in [0.5, 0.6) is 0 Å². The Hall–Kier alpha value is -2.20. The van der Waals surface area contributed by atoms with E-state index in [0.29, 0.717) is 0 Å². The summed E-state index contributed by atoms with van der Waals surface area (Å²) in [6, 6.07) is -1.65. The van der Waals surface area contributed by atoms with Crippen molar-refractivity contribution in [2.75, 3.05) is 0 Å². The molecule has 0 aromatic rings. The molecule has 0 aromatic carbocycles. The highest BCUT2D eigenvalue weighted by Crippen LogP contribution is 2.14. The van der Waals surface area contributed by atoms with Crippen LogP contribution in [-0.4, -0.2) is 56.1 Å². The minimum atomic E-state index is -3.26. The van der Waals surface area contributed by atoms with Crippen LogP contribution in [-0.2, 0) is 23.9 Å². The van der Waals surface area contributed by atoms with E-state index in [1.54, 1.807) is 0 Å². The first-order valence-corrected chi connectivity index (χ1v) is 4.46. The predicted octanol–water partition coefficient (Wildman–Crippen LogP) is -2.42. The molecule has 10 nitrogen and oxygen atoms in total. The first kappa shape index (κ1) is 15.8. The van der Waals surface area contributed by atoms with Gasteiger partial charge < -0.3 is 30.9 Å². The van der Waals surface area contributed by atoms with E-state index in [1.807, 2.05) is 0 Å². The van der Waals surface area contributed by atoms with Crippen LogP contribution in [0.15, 0.2) is 0 Å². The van der Waals surface area contributed by atoms with Crippen LogP contribution in [0.1, 0.15) is 12.8 Å². The first-order valence-electron chi connectivity index (χ1n) is 4.46. The molecule has 6 N–H and O–H groups in total. The van der Waals surface area contributed by atoms with Gasteiger partial charge in [0.15, 0.2) is 0 Å². The molecule has 0 amide bonds. The zero-order valence-electron chi connectivity index (χ0n) is 8.90. The molecular formula is C8H11NO9. The maximum Gasteiger partial charge on any atom is 0.377 e.